The summed E-state index contributed by atoms with van der Waals surface area (Å²) in [6.45, 7) is 0. The molecule has 2 N–H and O–H groups in total. The zero-order valence-corrected chi connectivity index (χ0v) is 10.8. The summed E-state index contributed by atoms with van der Waals surface area (Å²) in [5, 5.41) is 10.0. The highest BCUT2D eigenvalue weighted by Crippen LogP contribution is 2.39. The number of benzene rings is 2. The number of hydrogen-bond acceptors (Lipinski definition) is 5. The number of rotatable bonds is 3. The van der Waals surface area contributed by atoms with Gasteiger partial charge in [0.1, 0.15) is 11.4 Å². The number of isocyanates is 1. The first-order valence-corrected chi connectivity index (χ1v) is 6.85. The molecular formula is C13H9NO5S. The van der Waals surface area contributed by atoms with Crippen LogP contribution in [0.1, 0.15) is 0 Å². The molecule has 0 amide bonds. The predicted octanol–water partition coefficient (Wildman–Crippen LogP) is 2.27. The highest BCUT2D eigenvalue weighted by Gasteiger charge is 2.17. The van der Waals surface area contributed by atoms with E-state index in [1.54, 1.807) is 30.3 Å². The van der Waals surface area contributed by atoms with Gasteiger partial charge in [0.2, 0.25) is 6.08 Å². The fourth-order valence-electron chi connectivity index (χ4n) is 1.71. The first-order chi connectivity index (χ1) is 9.43. The van der Waals surface area contributed by atoms with Crippen LogP contribution in [0, 0.1) is 0 Å². The Balaban J connectivity index is 2.80. The highest BCUT2D eigenvalue weighted by atomic mass is 32.2. The Hall–Kier alpha value is -2.47. The van der Waals surface area contributed by atoms with E-state index in [2.05, 4.69) is 4.99 Å². The number of aliphatic imine (C=N–C) groups is 1. The van der Waals surface area contributed by atoms with Gasteiger partial charge in [-0.1, -0.05) is 30.3 Å². The molecule has 0 bridgehead atoms. The Bertz CT molecular complexity index is 793. The summed E-state index contributed by atoms with van der Waals surface area (Å²) in [5.74, 6) is -0.369. The van der Waals surface area contributed by atoms with Crippen molar-refractivity contribution in [3.8, 4) is 16.9 Å². The van der Waals surface area contributed by atoms with Gasteiger partial charge in [-0.2, -0.15) is 13.4 Å². The smallest absolute Gasteiger partial charge is 0.294 e. The number of nitrogens with zero attached hydrogens (tertiary/aromatic N) is 1. The molecule has 0 saturated carbocycles. The van der Waals surface area contributed by atoms with E-state index in [1.165, 1.54) is 6.08 Å². The number of carbonyl (C=O) groups excluding carboxylic acids is 1. The number of aromatic hydroxyl groups is 1. The van der Waals surface area contributed by atoms with Crippen LogP contribution in [0.4, 0.5) is 5.69 Å². The number of phenols is 1. The summed E-state index contributed by atoms with van der Waals surface area (Å²) in [4.78, 5) is 13.1. The van der Waals surface area contributed by atoms with E-state index in [0.717, 1.165) is 12.1 Å². The molecule has 0 aromatic heterocycles. The van der Waals surface area contributed by atoms with Gasteiger partial charge in [0.05, 0.1) is 4.90 Å². The average Bonchev–Trinajstić information content (AvgIpc) is 2.41. The van der Waals surface area contributed by atoms with E-state index >= 15 is 0 Å². The van der Waals surface area contributed by atoms with Gasteiger partial charge in [-0.15, -0.1) is 0 Å². The molecule has 20 heavy (non-hydrogen) atoms. The second kappa shape index (κ2) is 5.26. The van der Waals surface area contributed by atoms with Gasteiger partial charge < -0.3 is 5.11 Å². The molecule has 0 saturated heterocycles. The molecule has 0 aliphatic carbocycles. The summed E-state index contributed by atoms with van der Waals surface area (Å²) in [6, 6.07) is 10.4. The number of hydrogen-bond donors (Lipinski definition) is 2. The van der Waals surface area contributed by atoms with Crippen molar-refractivity contribution in [1.29, 1.82) is 0 Å². The third-order valence-electron chi connectivity index (χ3n) is 2.61. The molecule has 0 unspecified atom stereocenters. The van der Waals surface area contributed by atoms with Crippen LogP contribution in [0.3, 0.4) is 0 Å². The summed E-state index contributed by atoms with van der Waals surface area (Å²) in [5.41, 5.74) is 0.363. The van der Waals surface area contributed by atoms with Crippen molar-refractivity contribution in [2.24, 2.45) is 4.99 Å². The van der Waals surface area contributed by atoms with Gasteiger partial charge in [0.15, 0.2) is 0 Å². The molecule has 0 fully saturated rings. The Morgan fingerprint density at radius 1 is 1.10 bits per heavy atom. The molecule has 0 aliphatic heterocycles. The third kappa shape index (κ3) is 2.75. The Kier molecular flexibility index (Phi) is 3.67. The van der Waals surface area contributed by atoms with E-state index in [9.17, 15) is 18.3 Å². The first-order valence-electron chi connectivity index (χ1n) is 5.41. The summed E-state index contributed by atoms with van der Waals surface area (Å²) >= 11 is 0. The molecule has 2 rings (SSSR count). The van der Waals surface area contributed by atoms with Crippen LogP contribution in [0.5, 0.6) is 5.75 Å². The second-order valence-electron chi connectivity index (χ2n) is 3.88. The van der Waals surface area contributed by atoms with Gasteiger partial charge in [-0.3, -0.25) is 4.55 Å². The molecule has 0 aliphatic rings. The summed E-state index contributed by atoms with van der Waals surface area (Å²) in [7, 11) is -4.49. The fraction of sp³-hybridized carbons (Fsp3) is 0. The first kappa shape index (κ1) is 14.0. The minimum absolute atomic E-state index is 0.134. The molecule has 102 valence electrons. The topological polar surface area (TPSA) is 104 Å². The average molecular weight is 291 g/mol. The predicted molar refractivity (Wildman–Crippen MR) is 71.1 cm³/mol. The normalized spacial score (nSPS) is 10.8. The maximum Gasteiger partial charge on any atom is 0.294 e. The maximum atomic E-state index is 11.2. The quantitative estimate of drug-likeness (QED) is 0.513. The lowest BCUT2D eigenvalue weighted by Gasteiger charge is -2.09. The molecule has 0 atom stereocenters. The van der Waals surface area contributed by atoms with Crippen LogP contribution in [0.2, 0.25) is 0 Å². The second-order valence-corrected chi connectivity index (χ2v) is 5.30. The van der Waals surface area contributed by atoms with Crippen LogP contribution < -0.4 is 0 Å². The van der Waals surface area contributed by atoms with Gasteiger partial charge in [-0.05, 0) is 17.7 Å². The molecule has 0 heterocycles. The van der Waals surface area contributed by atoms with Crippen molar-refractivity contribution in [2.45, 2.75) is 4.90 Å². The lowest BCUT2D eigenvalue weighted by Crippen LogP contribution is -1.98. The van der Waals surface area contributed by atoms with E-state index < -0.39 is 15.0 Å². The van der Waals surface area contributed by atoms with Crippen LogP contribution in [0.25, 0.3) is 11.1 Å². The Morgan fingerprint density at radius 3 is 2.30 bits per heavy atom. The fourth-order valence-corrected chi connectivity index (χ4v) is 2.24. The zero-order valence-electron chi connectivity index (χ0n) is 10.0. The van der Waals surface area contributed by atoms with Gasteiger partial charge in [-0.25, -0.2) is 4.79 Å². The van der Waals surface area contributed by atoms with Crippen molar-refractivity contribution in [3.63, 3.8) is 0 Å². The molecule has 0 spiro atoms. The summed E-state index contributed by atoms with van der Waals surface area (Å²) in [6.07, 6.45) is 1.22. The van der Waals surface area contributed by atoms with Crippen molar-refractivity contribution in [2.75, 3.05) is 0 Å². The van der Waals surface area contributed by atoms with Crippen LogP contribution >= 0.6 is 0 Å². The van der Waals surface area contributed by atoms with Gasteiger partial charge >= 0.3 is 0 Å². The van der Waals surface area contributed by atoms with Gasteiger partial charge in [0, 0.05) is 5.56 Å². The van der Waals surface area contributed by atoms with Crippen LogP contribution in [0.15, 0.2) is 52.4 Å². The summed E-state index contributed by atoms with van der Waals surface area (Å²) < 4.78 is 31.5. The monoisotopic (exact) mass is 291 g/mol. The van der Waals surface area contributed by atoms with E-state index in [0.29, 0.717) is 5.56 Å². The SMILES string of the molecule is O=C=Nc1cc(S(=O)(=O)O)cc(-c2ccccc2)c1O. The lowest BCUT2D eigenvalue weighted by atomic mass is 10.0. The largest absolute Gasteiger partial charge is 0.505 e. The van der Waals surface area contributed by atoms with Gasteiger partial charge in [0.25, 0.3) is 10.1 Å². The zero-order chi connectivity index (χ0) is 14.8. The molecule has 2 aromatic carbocycles. The molecule has 6 nitrogen and oxygen atoms in total. The van der Waals surface area contributed by atoms with E-state index in [-0.39, 0.29) is 17.0 Å². The molecular weight excluding hydrogens is 282 g/mol. The maximum absolute atomic E-state index is 11.2. The minimum atomic E-state index is -4.49. The van der Waals surface area contributed by atoms with Crippen LogP contribution in [-0.4, -0.2) is 24.2 Å². The molecule has 7 heteroatoms. The molecule has 2 aromatic rings. The minimum Gasteiger partial charge on any atom is -0.505 e. The van der Waals surface area contributed by atoms with Crippen molar-refractivity contribution in [1.82, 2.24) is 0 Å². The van der Waals surface area contributed by atoms with Crippen molar-refractivity contribution >= 4 is 21.9 Å². The van der Waals surface area contributed by atoms with Crippen molar-refractivity contribution in [3.05, 3.63) is 42.5 Å². The highest BCUT2D eigenvalue weighted by molar-refractivity contribution is 7.85. The van der Waals surface area contributed by atoms with Crippen molar-refractivity contribution < 1.29 is 22.9 Å². The standard InChI is InChI=1S/C13H9NO5S/c15-8-14-12-7-10(20(17,18)19)6-11(13(12)16)9-4-2-1-3-5-9/h1-7,16H,(H,17,18,19). The van der Waals surface area contributed by atoms with E-state index in [1.807, 2.05) is 0 Å². The molecule has 0 radical (unpaired) electrons. The van der Waals surface area contributed by atoms with Crippen LogP contribution in [-0.2, 0) is 14.9 Å². The van der Waals surface area contributed by atoms with E-state index in [4.69, 9.17) is 4.55 Å². The Morgan fingerprint density at radius 2 is 1.75 bits per heavy atom. The number of phenolic OH excluding ortho intramolecular Hbond substituents is 1. The third-order valence-corrected chi connectivity index (χ3v) is 3.44. The lowest BCUT2D eigenvalue weighted by molar-refractivity contribution is 0.475. The Labute approximate surface area is 114 Å².